The van der Waals surface area contributed by atoms with Crippen LogP contribution in [0.15, 0.2) is 23.1 Å². The number of ether oxygens (including phenoxy) is 1. The molecule has 0 bridgehead atoms. The normalized spacial score (nSPS) is 18.2. The molecule has 2 N–H and O–H groups in total. The molecule has 0 aliphatic carbocycles. The number of benzene rings is 1. The molecule has 8 heteroatoms. The summed E-state index contributed by atoms with van der Waals surface area (Å²) in [5.41, 5.74) is 0.350. The van der Waals surface area contributed by atoms with Gasteiger partial charge in [0.1, 0.15) is 10.6 Å². The number of methoxy groups -OCH3 is 1. The molecule has 1 aliphatic rings. The summed E-state index contributed by atoms with van der Waals surface area (Å²) in [6.07, 6.45) is 1.90. The lowest BCUT2D eigenvalue weighted by Crippen LogP contribution is -2.40. The molecule has 0 aromatic heterocycles. The largest absolute Gasteiger partial charge is 0.495 e. The predicted molar refractivity (Wildman–Crippen MR) is 87.2 cm³/mol. The summed E-state index contributed by atoms with van der Waals surface area (Å²) < 4.78 is 31.6. The van der Waals surface area contributed by atoms with Crippen LogP contribution in [0.25, 0.3) is 0 Å². The molecule has 1 aromatic carbocycles. The van der Waals surface area contributed by atoms with E-state index in [1.54, 1.807) is 11.0 Å². The van der Waals surface area contributed by atoms with Gasteiger partial charge in [0.15, 0.2) is 0 Å². The SMILES string of the molecule is CNCC1CCCN1C(=O)c1ccc(OC)c(S(=O)(=O)NC)c1. The summed E-state index contributed by atoms with van der Waals surface area (Å²) in [6, 6.07) is 4.63. The van der Waals surface area contributed by atoms with Gasteiger partial charge >= 0.3 is 0 Å². The van der Waals surface area contributed by atoms with Gasteiger partial charge in [-0.15, -0.1) is 0 Å². The average molecular weight is 341 g/mol. The topological polar surface area (TPSA) is 87.7 Å². The molecule has 0 spiro atoms. The van der Waals surface area contributed by atoms with Crippen LogP contribution in [0.5, 0.6) is 5.75 Å². The molecule has 0 saturated carbocycles. The first-order valence-corrected chi connectivity index (χ1v) is 9.00. The summed E-state index contributed by atoms with van der Waals surface area (Å²) >= 11 is 0. The number of carbonyl (C=O) groups excluding carboxylic acids is 1. The van der Waals surface area contributed by atoms with Crippen LogP contribution in [0.1, 0.15) is 23.2 Å². The maximum absolute atomic E-state index is 12.7. The van der Waals surface area contributed by atoms with E-state index < -0.39 is 10.0 Å². The first-order valence-electron chi connectivity index (χ1n) is 7.51. The van der Waals surface area contributed by atoms with Gasteiger partial charge in [-0.3, -0.25) is 4.79 Å². The van der Waals surface area contributed by atoms with Crippen molar-refractivity contribution in [1.29, 1.82) is 0 Å². The second-order valence-electron chi connectivity index (χ2n) is 5.43. The number of likely N-dealkylation sites (tertiary alicyclic amines) is 1. The highest BCUT2D eigenvalue weighted by Crippen LogP contribution is 2.27. The van der Waals surface area contributed by atoms with Crippen LogP contribution in [0.3, 0.4) is 0 Å². The van der Waals surface area contributed by atoms with E-state index in [1.807, 2.05) is 7.05 Å². The smallest absolute Gasteiger partial charge is 0.254 e. The van der Waals surface area contributed by atoms with Crippen LogP contribution in [-0.4, -0.2) is 59.6 Å². The lowest BCUT2D eigenvalue weighted by atomic mass is 10.1. The Bertz CT molecular complexity index is 675. The van der Waals surface area contributed by atoms with Gasteiger partial charge in [0.25, 0.3) is 5.91 Å². The summed E-state index contributed by atoms with van der Waals surface area (Å²) in [7, 11) is 0.875. The third-order valence-electron chi connectivity index (χ3n) is 4.05. The monoisotopic (exact) mass is 341 g/mol. The van der Waals surface area contributed by atoms with Gasteiger partial charge in [0.2, 0.25) is 10.0 Å². The van der Waals surface area contributed by atoms with Crippen LogP contribution in [0, 0.1) is 0 Å². The number of hydrogen-bond acceptors (Lipinski definition) is 5. The first kappa shape index (κ1) is 17.7. The quantitative estimate of drug-likeness (QED) is 0.783. The second kappa shape index (κ2) is 7.29. The molecule has 1 unspecified atom stereocenters. The Morgan fingerprint density at radius 1 is 1.39 bits per heavy atom. The Kier molecular flexibility index (Phi) is 5.61. The minimum atomic E-state index is -3.70. The number of amides is 1. The summed E-state index contributed by atoms with van der Waals surface area (Å²) in [6.45, 7) is 1.41. The molecule has 1 aliphatic heterocycles. The van der Waals surface area contributed by atoms with Gasteiger partial charge in [-0.2, -0.15) is 0 Å². The van der Waals surface area contributed by atoms with Crippen molar-refractivity contribution in [2.24, 2.45) is 0 Å². The van der Waals surface area contributed by atoms with Crippen LogP contribution in [0.4, 0.5) is 0 Å². The zero-order chi connectivity index (χ0) is 17.0. The van der Waals surface area contributed by atoms with Gasteiger partial charge in [-0.05, 0) is 45.1 Å². The number of rotatable bonds is 6. The van der Waals surface area contributed by atoms with Crippen LogP contribution < -0.4 is 14.8 Å². The molecule has 1 aromatic rings. The lowest BCUT2D eigenvalue weighted by molar-refractivity contribution is 0.0736. The third kappa shape index (κ3) is 3.65. The molecule has 23 heavy (non-hydrogen) atoms. The maximum atomic E-state index is 12.7. The number of hydrogen-bond donors (Lipinski definition) is 2. The fraction of sp³-hybridized carbons (Fsp3) is 0.533. The van der Waals surface area contributed by atoms with E-state index in [0.717, 1.165) is 19.4 Å². The van der Waals surface area contributed by atoms with Gasteiger partial charge in [-0.1, -0.05) is 0 Å². The summed E-state index contributed by atoms with van der Waals surface area (Å²) in [5.74, 6) is 0.0575. The highest BCUT2D eigenvalue weighted by atomic mass is 32.2. The van der Waals surface area contributed by atoms with Crippen LogP contribution in [0.2, 0.25) is 0 Å². The van der Waals surface area contributed by atoms with Crippen molar-refractivity contribution >= 4 is 15.9 Å². The Hall–Kier alpha value is -1.64. The minimum Gasteiger partial charge on any atom is -0.495 e. The predicted octanol–water partition coefficient (Wildman–Crippen LogP) is 0.427. The molecule has 2 rings (SSSR count). The number of sulfonamides is 1. The minimum absolute atomic E-state index is 0.0299. The molecular formula is C15H23N3O4S. The van der Waals surface area contributed by atoms with Crippen molar-refractivity contribution in [3.8, 4) is 5.75 Å². The molecule has 128 valence electrons. The Balaban J connectivity index is 2.37. The Morgan fingerprint density at radius 2 is 2.13 bits per heavy atom. The van der Waals surface area contributed by atoms with Crippen LogP contribution in [-0.2, 0) is 10.0 Å². The van der Waals surface area contributed by atoms with Gasteiger partial charge in [-0.25, -0.2) is 13.1 Å². The summed E-state index contributed by atoms with van der Waals surface area (Å²) in [4.78, 5) is 14.5. The van der Waals surface area contributed by atoms with Gasteiger partial charge in [0.05, 0.1) is 7.11 Å². The zero-order valence-corrected chi connectivity index (χ0v) is 14.4. The first-order chi connectivity index (χ1) is 10.9. The number of nitrogens with zero attached hydrogens (tertiary/aromatic N) is 1. The van der Waals surface area contributed by atoms with E-state index in [9.17, 15) is 13.2 Å². The fourth-order valence-electron chi connectivity index (χ4n) is 2.85. The van der Waals surface area contributed by atoms with E-state index in [4.69, 9.17) is 4.74 Å². The van der Waals surface area contributed by atoms with Crippen molar-refractivity contribution in [2.45, 2.75) is 23.8 Å². The maximum Gasteiger partial charge on any atom is 0.254 e. The standard InChI is InChI=1S/C15H23N3O4S/c1-16-10-12-5-4-8-18(12)15(19)11-6-7-13(22-3)14(9-11)23(20,21)17-2/h6-7,9,12,16-17H,4-5,8,10H2,1-3H3. The average Bonchev–Trinajstić information content (AvgIpc) is 3.02. The van der Waals surface area contributed by atoms with Crippen molar-refractivity contribution in [2.75, 3.05) is 34.3 Å². The van der Waals surface area contributed by atoms with Crippen LogP contribution >= 0.6 is 0 Å². The van der Waals surface area contributed by atoms with Crippen molar-refractivity contribution in [3.63, 3.8) is 0 Å². The van der Waals surface area contributed by atoms with E-state index in [-0.39, 0.29) is 22.6 Å². The Morgan fingerprint density at radius 3 is 2.74 bits per heavy atom. The Labute approximate surface area is 137 Å². The number of likely N-dealkylation sites (N-methyl/N-ethyl adjacent to an activating group) is 1. The molecule has 1 saturated heterocycles. The highest BCUT2D eigenvalue weighted by Gasteiger charge is 2.30. The van der Waals surface area contributed by atoms with E-state index >= 15 is 0 Å². The number of carbonyl (C=O) groups is 1. The fourth-order valence-corrected chi connectivity index (χ4v) is 3.76. The third-order valence-corrected chi connectivity index (χ3v) is 5.48. The highest BCUT2D eigenvalue weighted by molar-refractivity contribution is 7.89. The zero-order valence-electron chi connectivity index (χ0n) is 13.6. The van der Waals surface area contributed by atoms with E-state index in [2.05, 4.69) is 10.0 Å². The van der Waals surface area contributed by atoms with Crippen molar-refractivity contribution < 1.29 is 17.9 Å². The molecule has 1 heterocycles. The van der Waals surface area contributed by atoms with Crippen molar-refractivity contribution in [3.05, 3.63) is 23.8 Å². The second-order valence-corrected chi connectivity index (χ2v) is 7.28. The van der Waals surface area contributed by atoms with E-state index in [0.29, 0.717) is 12.1 Å². The molecule has 7 nitrogen and oxygen atoms in total. The molecular weight excluding hydrogens is 318 g/mol. The van der Waals surface area contributed by atoms with E-state index in [1.165, 1.54) is 26.3 Å². The summed E-state index contributed by atoms with van der Waals surface area (Å²) in [5, 5.41) is 3.09. The molecule has 0 radical (unpaired) electrons. The lowest BCUT2D eigenvalue weighted by Gasteiger charge is -2.25. The molecule has 1 fully saturated rings. The molecule has 1 atom stereocenters. The van der Waals surface area contributed by atoms with Gasteiger partial charge < -0.3 is 15.0 Å². The molecule has 1 amide bonds. The van der Waals surface area contributed by atoms with Crippen molar-refractivity contribution in [1.82, 2.24) is 14.9 Å². The number of nitrogens with one attached hydrogen (secondary N) is 2. The van der Waals surface area contributed by atoms with Gasteiger partial charge in [0, 0.05) is 24.7 Å².